The molecule has 0 saturated carbocycles. The molecule has 11 nitrogen and oxygen atoms in total. The Morgan fingerprint density at radius 1 is 0.507 bits per heavy atom. The molecule has 8 rings (SSSR count). The molecule has 0 atom stereocenters. The van der Waals surface area contributed by atoms with E-state index in [1.54, 1.807) is 0 Å². The third kappa shape index (κ3) is 16.4. The SMILES string of the molecule is CCCCC(=O)NCCCOCCOCCOCCCNC(=O)CCCCC[n+]1ccc(C=C2Sc3ccccc3N2C)c2ccccc21.CCC[n+]1ccc(C=C2Sc3ccccc3N2C)c2ccccc21. The second kappa shape index (κ2) is 29.9. The van der Waals surface area contributed by atoms with Crippen LogP contribution >= 0.6 is 23.5 Å². The predicted molar refractivity (Wildman–Crippen MR) is 302 cm³/mol. The summed E-state index contributed by atoms with van der Waals surface area (Å²) in [5, 5.41) is 11.0. The molecule has 2 amide bonds. The number of fused-ring (bicyclic) bond motifs is 4. The molecule has 0 unspecified atom stereocenters. The van der Waals surface area contributed by atoms with Crippen LogP contribution in [0.1, 0.15) is 89.2 Å². The Labute approximate surface area is 442 Å². The highest BCUT2D eigenvalue weighted by Gasteiger charge is 2.24. The minimum atomic E-state index is 0.106. The van der Waals surface area contributed by atoms with Gasteiger partial charge in [-0.2, -0.15) is 9.13 Å². The second-order valence-electron chi connectivity index (χ2n) is 18.3. The van der Waals surface area contributed by atoms with Gasteiger partial charge in [0.05, 0.1) is 58.6 Å². The Balaban J connectivity index is 0.000000268. The minimum Gasteiger partial charge on any atom is -0.379 e. The number of nitrogens with one attached hydrogen (secondary N) is 2. The summed E-state index contributed by atoms with van der Waals surface area (Å²) >= 11 is 3.66. The number of hydrogen-bond donors (Lipinski definition) is 2. The number of amides is 2. The molecule has 2 N–H and O–H groups in total. The molecule has 0 aliphatic carbocycles. The van der Waals surface area contributed by atoms with Crippen molar-refractivity contribution >= 4 is 80.7 Å². The first kappa shape index (κ1) is 55.1. The molecule has 2 aliphatic rings. The van der Waals surface area contributed by atoms with E-state index >= 15 is 0 Å². The van der Waals surface area contributed by atoms with E-state index < -0.39 is 0 Å². The molecule has 13 heteroatoms. The molecule has 4 aromatic carbocycles. The van der Waals surface area contributed by atoms with Gasteiger partial charge in [0, 0.05) is 100 Å². The number of aryl methyl sites for hydroxylation is 2. The number of para-hydroxylation sites is 4. The monoisotopic (exact) mass is 1020 g/mol. The van der Waals surface area contributed by atoms with E-state index in [4.69, 9.17) is 14.2 Å². The van der Waals surface area contributed by atoms with E-state index in [9.17, 15) is 9.59 Å². The van der Waals surface area contributed by atoms with E-state index in [0.717, 1.165) is 64.5 Å². The van der Waals surface area contributed by atoms with Crippen LogP contribution in [0.4, 0.5) is 11.4 Å². The van der Waals surface area contributed by atoms with Gasteiger partial charge in [-0.3, -0.25) is 9.59 Å². The van der Waals surface area contributed by atoms with Crippen LogP contribution in [0.15, 0.2) is 141 Å². The zero-order valence-corrected chi connectivity index (χ0v) is 45.1. The fourth-order valence-corrected chi connectivity index (χ4v) is 11.1. The molecule has 386 valence electrons. The number of unbranched alkanes of at least 4 members (excludes halogenated alkanes) is 3. The molecule has 6 aromatic rings. The Bertz CT molecular complexity index is 2780. The van der Waals surface area contributed by atoms with Crippen molar-refractivity contribution < 1.29 is 32.9 Å². The first-order valence-electron chi connectivity index (χ1n) is 26.4. The average molecular weight is 1030 g/mol. The van der Waals surface area contributed by atoms with Gasteiger partial charge in [0.2, 0.25) is 22.8 Å². The quantitative estimate of drug-likeness (QED) is 0.0386. The number of hydrogen-bond acceptors (Lipinski definition) is 9. The van der Waals surface area contributed by atoms with Crippen molar-refractivity contribution in [3.05, 3.63) is 143 Å². The number of aromatic nitrogens is 2. The molecule has 0 bridgehead atoms. The highest BCUT2D eigenvalue weighted by atomic mass is 32.2. The maximum Gasteiger partial charge on any atom is 0.219 e. The number of benzene rings is 4. The molecular formula is C60H76N6O5S2+2. The minimum absolute atomic E-state index is 0.106. The molecule has 0 saturated heterocycles. The summed E-state index contributed by atoms with van der Waals surface area (Å²) in [5.74, 6) is 0.225. The van der Waals surface area contributed by atoms with Crippen molar-refractivity contribution in [2.75, 3.05) is 76.6 Å². The lowest BCUT2D eigenvalue weighted by atomic mass is 10.1. The van der Waals surface area contributed by atoms with Gasteiger partial charge in [-0.15, -0.1) is 0 Å². The van der Waals surface area contributed by atoms with E-state index in [2.05, 4.69) is 191 Å². The number of anilines is 2. The standard InChI is InChI=1S/C39H54N4O5S.C21H21N2S/c1-3-4-18-37(44)40-21-12-25-46-27-29-48-30-28-47-26-13-22-41-38(45)19-6-5-11-23-43-24-20-32(33-14-7-8-15-34(33)43)31-39-42(2)35-16-9-10-17-36(35)49-39;1-3-13-23-14-12-16(17-8-4-5-9-18(17)23)15-21-22(2)19-10-6-7-11-20(19)24-21/h7-10,14-17,20,24,31H,3-6,11-13,18-19,21-23,25-30H2,1-2H3,(H-,40,41,44,45);4-12,14-15H,3,13H2,1-2H3/q;+1/p+1. The van der Waals surface area contributed by atoms with Crippen LogP contribution in [0.3, 0.4) is 0 Å². The predicted octanol–water partition coefficient (Wildman–Crippen LogP) is 11.6. The second-order valence-corrected chi connectivity index (χ2v) is 20.5. The van der Waals surface area contributed by atoms with Crippen LogP contribution in [0.25, 0.3) is 34.0 Å². The van der Waals surface area contributed by atoms with Crippen LogP contribution in [0.2, 0.25) is 0 Å². The third-order valence-electron chi connectivity index (χ3n) is 12.9. The first-order chi connectivity index (χ1) is 35.8. The van der Waals surface area contributed by atoms with Crippen molar-refractivity contribution in [1.82, 2.24) is 10.6 Å². The molecular weight excluding hydrogens is 949 g/mol. The first-order valence-corrected chi connectivity index (χ1v) is 28.0. The summed E-state index contributed by atoms with van der Waals surface area (Å²) < 4.78 is 21.3. The average Bonchev–Trinajstić information content (AvgIpc) is 3.91. The van der Waals surface area contributed by atoms with Gasteiger partial charge in [0.15, 0.2) is 12.4 Å². The molecule has 2 aromatic heterocycles. The number of nitrogens with zero attached hydrogens (tertiary/aromatic N) is 4. The molecule has 0 radical (unpaired) electrons. The van der Waals surface area contributed by atoms with E-state index in [1.807, 2.05) is 23.5 Å². The van der Waals surface area contributed by atoms with Gasteiger partial charge in [0.1, 0.15) is 13.1 Å². The van der Waals surface area contributed by atoms with Gasteiger partial charge in [-0.05, 0) is 91.8 Å². The van der Waals surface area contributed by atoms with Gasteiger partial charge < -0.3 is 34.6 Å². The molecule has 2 aliphatic heterocycles. The van der Waals surface area contributed by atoms with Crippen molar-refractivity contribution in [1.29, 1.82) is 0 Å². The number of carbonyl (C=O) groups excluding carboxylic acids is 2. The summed E-state index contributed by atoms with van der Waals surface area (Å²) in [7, 11) is 4.28. The van der Waals surface area contributed by atoms with E-state index in [1.165, 1.54) is 64.2 Å². The van der Waals surface area contributed by atoms with Gasteiger partial charge >= 0.3 is 0 Å². The molecule has 4 heterocycles. The zero-order chi connectivity index (χ0) is 51.0. The van der Waals surface area contributed by atoms with Crippen molar-refractivity contribution in [3.63, 3.8) is 0 Å². The topological polar surface area (TPSA) is 100 Å². The summed E-state index contributed by atoms with van der Waals surface area (Å²) in [6, 6.07) is 38.9. The van der Waals surface area contributed by atoms with E-state index in [-0.39, 0.29) is 11.8 Å². The van der Waals surface area contributed by atoms with Crippen LogP contribution < -0.4 is 29.6 Å². The molecule has 73 heavy (non-hydrogen) atoms. The maximum absolute atomic E-state index is 12.3. The number of ether oxygens (including phenoxy) is 3. The van der Waals surface area contributed by atoms with Crippen LogP contribution in [0, 0.1) is 0 Å². The fraction of sp³-hybridized carbons (Fsp3) is 0.400. The van der Waals surface area contributed by atoms with Gasteiger partial charge in [-0.25, -0.2) is 0 Å². The van der Waals surface area contributed by atoms with Crippen molar-refractivity contribution in [2.24, 2.45) is 0 Å². The Hall–Kier alpha value is -5.70. The number of pyridine rings is 2. The normalized spacial score (nSPS) is 13.9. The van der Waals surface area contributed by atoms with Crippen LogP contribution in [-0.4, -0.2) is 78.6 Å². The molecule has 0 fully saturated rings. The van der Waals surface area contributed by atoms with Crippen molar-refractivity contribution in [2.45, 2.75) is 101 Å². The lowest BCUT2D eigenvalue weighted by molar-refractivity contribution is -0.671. The summed E-state index contributed by atoms with van der Waals surface area (Å²) in [4.78, 5) is 31.0. The summed E-state index contributed by atoms with van der Waals surface area (Å²) in [6.07, 6.45) is 17.8. The summed E-state index contributed by atoms with van der Waals surface area (Å²) in [5.41, 5.74) is 7.57. The Morgan fingerprint density at radius 3 is 1.45 bits per heavy atom. The smallest absolute Gasteiger partial charge is 0.219 e. The number of thioether (sulfide) groups is 2. The highest BCUT2D eigenvalue weighted by molar-refractivity contribution is 8.04. The summed E-state index contributed by atoms with van der Waals surface area (Å²) in [6.45, 7) is 10.9. The van der Waals surface area contributed by atoms with Crippen molar-refractivity contribution in [3.8, 4) is 0 Å². The lowest BCUT2D eigenvalue weighted by Crippen LogP contribution is -2.34. The zero-order valence-electron chi connectivity index (χ0n) is 43.5. The largest absolute Gasteiger partial charge is 0.379 e. The number of carbonyl (C=O) groups is 2. The van der Waals surface area contributed by atoms with E-state index in [0.29, 0.717) is 65.6 Å². The van der Waals surface area contributed by atoms with Crippen LogP contribution in [-0.2, 0) is 36.9 Å². The Morgan fingerprint density at radius 2 is 0.959 bits per heavy atom. The van der Waals surface area contributed by atoms with Crippen LogP contribution in [0.5, 0.6) is 0 Å². The maximum atomic E-state index is 12.3. The molecule has 0 spiro atoms. The van der Waals surface area contributed by atoms with Gasteiger partial charge in [0.25, 0.3) is 0 Å². The third-order valence-corrected chi connectivity index (χ3v) is 15.2. The highest BCUT2D eigenvalue weighted by Crippen LogP contribution is 2.46. The lowest BCUT2D eigenvalue weighted by Gasteiger charge is -2.13. The fourth-order valence-electron chi connectivity index (χ4n) is 8.86. The number of rotatable bonds is 27. The Kier molecular flexibility index (Phi) is 22.5. The van der Waals surface area contributed by atoms with Gasteiger partial charge in [-0.1, -0.05) is 92.3 Å².